The van der Waals surface area contributed by atoms with Gasteiger partial charge in [0.2, 0.25) is 0 Å². The zero-order chi connectivity index (χ0) is 14.2. The molecule has 0 aliphatic carbocycles. The SMILES string of the molecule is CCn1nc(C)c(C(=O)O)c1-c1ccc(F)cc1Cl. The molecule has 0 aliphatic rings. The van der Waals surface area contributed by atoms with Crippen molar-refractivity contribution in [2.75, 3.05) is 0 Å². The number of aromatic carboxylic acids is 1. The van der Waals surface area contributed by atoms with Crippen molar-refractivity contribution in [3.63, 3.8) is 0 Å². The summed E-state index contributed by atoms with van der Waals surface area (Å²) >= 11 is 6.00. The van der Waals surface area contributed by atoms with Gasteiger partial charge in [0.25, 0.3) is 0 Å². The molecule has 2 aromatic rings. The third-order valence-corrected chi connectivity index (χ3v) is 3.14. The van der Waals surface area contributed by atoms with Crippen molar-refractivity contribution in [1.29, 1.82) is 0 Å². The number of aromatic nitrogens is 2. The van der Waals surface area contributed by atoms with Gasteiger partial charge >= 0.3 is 5.97 Å². The number of carboxylic acid groups (broad SMARTS) is 1. The normalized spacial score (nSPS) is 10.7. The Balaban J connectivity index is 2.76. The van der Waals surface area contributed by atoms with Crippen LogP contribution >= 0.6 is 11.6 Å². The highest BCUT2D eigenvalue weighted by atomic mass is 35.5. The lowest BCUT2D eigenvalue weighted by Gasteiger charge is -2.08. The quantitative estimate of drug-likeness (QED) is 0.939. The van der Waals surface area contributed by atoms with E-state index in [9.17, 15) is 14.3 Å². The van der Waals surface area contributed by atoms with Gasteiger partial charge in [-0.05, 0) is 32.0 Å². The molecule has 4 nitrogen and oxygen atoms in total. The van der Waals surface area contributed by atoms with Crippen molar-refractivity contribution in [3.8, 4) is 11.3 Å². The van der Waals surface area contributed by atoms with E-state index >= 15 is 0 Å². The lowest BCUT2D eigenvalue weighted by atomic mass is 10.1. The molecule has 0 bridgehead atoms. The van der Waals surface area contributed by atoms with Crippen molar-refractivity contribution >= 4 is 17.6 Å². The molecule has 0 radical (unpaired) electrons. The first kappa shape index (κ1) is 13.5. The van der Waals surface area contributed by atoms with Crippen molar-refractivity contribution in [1.82, 2.24) is 9.78 Å². The highest BCUT2D eigenvalue weighted by Crippen LogP contribution is 2.32. The van der Waals surface area contributed by atoms with Gasteiger partial charge in [-0.3, -0.25) is 4.68 Å². The van der Waals surface area contributed by atoms with Crippen LogP contribution in [0.2, 0.25) is 5.02 Å². The number of nitrogens with zero attached hydrogens (tertiary/aromatic N) is 2. The largest absolute Gasteiger partial charge is 0.478 e. The zero-order valence-electron chi connectivity index (χ0n) is 10.4. The molecular weight excluding hydrogens is 271 g/mol. The highest BCUT2D eigenvalue weighted by Gasteiger charge is 2.23. The van der Waals surface area contributed by atoms with Crippen LogP contribution in [0.25, 0.3) is 11.3 Å². The average Bonchev–Trinajstić information content (AvgIpc) is 2.66. The Morgan fingerprint density at radius 2 is 2.21 bits per heavy atom. The maximum absolute atomic E-state index is 13.1. The van der Waals surface area contributed by atoms with Crippen LogP contribution in [-0.2, 0) is 6.54 Å². The third-order valence-electron chi connectivity index (χ3n) is 2.83. The summed E-state index contributed by atoms with van der Waals surface area (Å²) in [6.07, 6.45) is 0. The Bertz CT molecular complexity index is 652. The molecule has 0 saturated carbocycles. The fourth-order valence-corrected chi connectivity index (χ4v) is 2.28. The molecule has 0 saturated heterocycles. The van der Waals surface area contributed by atoms with E-state index in [1.165, 1.54) is 12.1 Å². The van der Waals surface area contributed by atoms with Crippen molar-refractivity contribution in [3.05, 3.63) is 40.3 Å². The van der Waals surface area contributed by atoms with Crippen LogP contribution in [0.4, 0.5) is 4.39 Å². The van der Waals surface area contributed by atoms with E-state index in [4.69, 9.17) is 11.6 Å². The van der Waals surface area contributed by atoms with Crippen LogP contribution < -0.4 is 0 Å². The first-order chi connectivity index (χ1) is 8.95. The van der Waals surface area contributed by atoms with Crippen molar-refractivity contribution < 1.29 is 14.3 Å². The molecule has 1 N–H and O–H groups in total. The Morgan fingerprint density at radius 3 is 2.74 bits per heavy atom. The lowest BCUT2D eigenvalue weighted by molar-refractivity contribution is 0.0697. The summed E-state index contributed by atoms with van der Waals surface area (Å²) in [5.74, 6) is -1.54. The number of benzene rings is 1. The molecule has 100 valence electrons. The van der Waals surface area contributed by atoms with Gasteiger partial charge in [-0.2, -0.15) is 5.10 Å². The average molecular weight is 283 g/mol. The standard InChI is InChI=1S/C13H12ClFN2O2/c1-3-17-12(11(13(18)19)7(2)16-17)9-5-4-8(15)6-10(9)14/h4-6H,3H2,1-2H3,(H,18,19). The molecule has 1 heterocycles. The second-order valence-electron chi connectivity index (χ2n) is 4.05. The number of rotatable bonds is 3. The van der Waals surface area contributed by atoms with Gasteiger partial charge < -0.3 is 5.11 Å². The van der Waals surface area contributed by atoms with Gasteiger partial charge in [0.15, 0.2) is 0 Å². The van der Waals surface area contributed by atoms with Gasteiger partial charge in [-0.15, -0.1) is 0 Å². The Morgan fingerprint density at radius 1 is 1.53 bits per heavy atom. The fourth-order valence-electron chi connectivity index (χ4n) is 2.02. The number of hydrogen-bond donors (Lipinski definition) is 1. The molecule has 6 heteroatoms. The van der Waals surface area contributed by atoms with Crippen LogP contribution in [0.1, 0.15) is 23.0 Å². The van der Waals surface area contributed by atoms with Crippen LogP contribution in [0, 0.1) is 12.7 Å². The summed E-state index contributed by atoms with van der Waals surface area (Å²) in [6.45, 7) is 3.96. The number of carboxylic acids is 1. The van der Waals surface area contributed by atoms with Gasteiger partial charge in [-0.1, -0.05) is 11.6 Å². The maximum Gasteiger partial charge on any atom is 0.339 e. The molecule has 0 fully saturated rings. The second-order valence-corrected chi connectivity index (χ2v) is 4.46. The molecule has 0 spiro atoms. The molecule has 1 aromatic carbocycles. The minimum Gasteiger partial charge on any atom is -0.478 e. The molecular formula is C13H12ClFN2O2. The Kier molecular flexibility index (Phi) is 3.57. The van der Waals surface area contributed by atoms with Crippen LogP contribution in [0.5, 0.6) is 0 Å². The first-order valence-electron chi connectivity index (χ1n) is 5.71. The van der Waals surface area contributed by atoms with E-state index in [1.807, 2.05) is 6.92 Å². The van der Waals surface area contributed by atoms with Gasteiger partial charge in [0, 0.05) is 12.1 Å². The van der Waals surface area contributed by atoms with Crippen LogP contribution in [0.3, 0.4) is 0 Å². The summed E-state index contributed by atoms with van der Waals surface area (Å²) in [6, 6.07) is 3.87. The van der Waals surface area contributed by atoms with E-state index in [0.717, 1.165) is 6.07 Å². The van der Waals surface area contributed by atoms with E-state index in [-0.39, 0.29) is 10.6 Å². The minimum atomic E-state index is -1.08. The Hall–Kier alpha value is -1.88. The molecule has 0 atom stereocenters. The summed E-state index contributed by atoms with van der Waals surface area (Å²) in [4.78, 5) is 11.4. The topological polar surface area (TPSA) is 55.1 Å². The molecule has 2 rings (SSSR count). The molecule has 19 heavy (non-hydrogen) atoms. The van der Waals surface area contributed by atoms with Gasteiger partial charge in [0.1, 0.15) is 11.4 Å². The highest BCUT2D eigenvalue weighted by molar-refractivity contribution is 6.33. The summed E-state index contributed by atoms with van der Waals surface area (Å²) < 4.78 is 14.6. The molecule has 0 aliphatic heterocycles. The molecule has 0 unspecified atom stereocenters. The first-order valence-corrected chi connectivity index (χ1v) is 6.09. The summed E-state index contributed by atoms with van der Waals surface area (Å²) in [5.41, 5.74) is 1.36. The summed E-state index contributed by atoms with van der Waals surface area (Å²) in [5, 5.41) is 13.6. The smallest absolute Gasteiger partial charge is 0.339 e. The predicted molar refractivity (Wildman–Crippen MR) is 70.0 cm³/mol. The number of aryl methyl sites for hydroxylation is 2. The number of hydrogen-bond acceptors (Lipinski definition) is 2. The lowest BCUT2D eigenvalue weighted by Crippen LogP contribution is -2.04. The maximum atomic E-state index is 13.1. The zero-order valence-corrected chi connectivity index (χ0v) is 11.2. The van der Waals surface area contributed by atoms with Crippen molar-refractivity contribution in [2.45, 2.75) is 20.4 Å². The van der Waals surface area contributed by atoms with E-state index in [0.29, 0.717) is 23.5 Å². The van der Waals surface area contributed by atoms with Gasteiger partial charge in [-0.25, -0.2) is 9.18 Å². The molecule has 0 amide bonds. The summed E-state index contributed by atoms with van der Waals surface area (Å²) in [7, 11) is 0. The third kappa shape index (κ3) is 2.33. The predicted octanol–water partition coefficient (Wildman–Crippen LogP) is 3.37. The monoisotopic (exact) mass is 282 g/mol. The fraction of sp³-hybridized carbons (Fsp3) is 0.231. The number of halogens is 2. The molecule has 1 aromatic heterocycles. The van der Waals surface area contributed by atoms with Crippen LogP contribution in [-0.4, -0.2) is 20.9 Å². The number of carbonyl (C=O) groups is 1. The van der Waals surface area contributed by atoms with E-state index in [1.54, 1.807) is 11.6 Å². The van der Waals surface area contributed by atoms with Crippen molar-refractivity contribution in [2.24, 2.45) is 0 Å². The Labute approximate surface area is 114 Å². The van der Waals surface area contributed by atoms with E-state index in [2.05, 4.69) is 5.10 Å². The van der Waals surface area contributed by atoms with Crippen LogP contribution in [0.15, 0.2) is 18.2 Å². The van der Waals surface area contributed by atoms with E-state index < -0.39 is 11.8 Å². The second kappa shape index (κ2) is 5.01. The minimum absolute atomic E-state index is 0.0929. The van der Waals surface area contributed by atoms with Gasteiger partial charge in [0.05, 0.1) is 16.4 Å².